The molecule has 2 atom stereocenters. The number of carboxylic acids is 2. The fourth-order valence-electron chi connectivity index (χ4n) is 2.69. The van der Waals surface area contributed by atoms with E-state index in [-0.39, 0.29) is 6.42 Å². The van der Waals surface area contributed by atoms with Gasteiger partial charge in [0, 0.05) is 0 Å². The lowest BCUT2D eigenvalue weighted by Crippen LogP contribution is -2.26. The first kappa shape index (κ1) is 23.4. The van der Waals surface area contributed by atoms with Gasteiger partial charge in [0.1, 0.15) is 0 Å². The van der Waals surface area contributed by atoms with Crippen molar-refractivity contribution in [1.82, 2.24) is 0 Å². The van der Waals surface area contributed by atoms with Crippen LogP contribution in [0.5, 0.6) is 0 Å². The van der Waals surface area contributed by atoms with E-state index in [1.54, 1.807) is 0 Å². The van der Waals surface area contributed by atoms with E-state index in [2.05, 4.69) is 6.92 Å². The van der Waals surface area contributed by atoms with E-state index >= 15 is 0 Å². The van der Waals surface area contributed by atoms with E-state index in [1.807, 2.05) is 0 Å². The summed E-state index contributed by atoms with van der Waals surface area (Å²) in [7, 11) is 0. The van der Waals surface area contributed by atoms with Gasteiger partial charge in [0.25, 0.3) is 0 Å². The Morgan fingerprint density at radius 1 is 0.800 bits per heavy atom. The molecule has 0 aliphatic carbocycles. The standard InChI is InChI=1S/C19H34O6/c1-3-4-5-6-7-8-9-10-11-12-13-16(19(23)24)14-17(20)25-15(2)18(21)22/h15-16H,3-14H2,1-2H3,(H,21,22)(H,23,24). The van der Waals surface area contributed by atoms with Crippen LogP contribution in [0.25, 0.3) is 0 Å². The van der Waals surface area contributed by atoms with Gasteiger partial charge in [0.15, 0.2) is 6.10 Å². The topological polar surface area (TPSA) is 101 Å². The molecule has 0 fully saturated rings. The van der Waals surface area contributed by atoms with Crippen molar-refractivity contribution in [2.45, 2.75) is 97.0 Å². The molecule has 0 rings (SSSR count). The molecule has 2 unspecified atom stereocenters. The van der Waals surface area contributed by atoms with Crippen LogP contribution in [0.4, 0.5) is 0 Å². The van der Waals surface area contributed by atoms with Gasteiger partial charge in [-0.05, 0) is 13.3 Å². The molecule has 0 aliphatic rings. The van der Waals surface area contributed by atoms with E-state index in [4.69, 9.17) is 9.84 Å². The van der Waals surface area contributed by atoms with Gasteiger partial charge in [-0.25, -0.2) is 4.79 Å². The predicted molar refractivity (Wildman–Crippen MR) is 95.4 cm³/mol. The van der Waals surface area contributed by atoms with Gasteiger partial charge < -0.3 is 14.9 Å². The molecular weight excluding hydrogens is 324 g/mol. The maximum atomic E-state index is 11.6. The molecule has 0 aromatic carbocycles. The Morgan fingerprint density at radius 3 is 1.72 bits per heavy atom. The van der Waals surface area contributed by atoms with E-state index < -0.39 is 29.9 Å². The molecule has 0 saturated carbocycles. The first-order valence-corrected chi connectivity index (χ1v) is 9.53. The van der Waals surface area contributed by atoms with Gasteiger partial charge in [0.2, 0.25) is 0 Å². The third-order valence-electron chi connectivity index (χ3n) is 4.32. The number of unbranched alkanes of at least 4 members (excludes halogenated alkanes) is 9. The first-order chi connectivity index (χ1) is 11.9. The highest BCUT2D eigenvalue weighted by Gasteiger charge is 2.24. The zero-order valence-corrected chi connectivity index (χ0v) is 15.7. The number of rotatable bonds is 16. The second-order valence-corrected chi connectivity index (χ2v) is 6.68. The van der Waals surface area contributed by atoms with Crippen LogP contribution in [-0.4, -0.2) is 34.2 Å². The number of esters is 1. The number of carbonyl (C=O) groups is 3. The van der Waals surface area contributed by atoms with E-state index in [1.165, 1.54) is 51.9 Å². The number of carbonyl (C=O) groups excluding carboxylic acids is 1. The quantitative estimate of drug-likeness (QED) is 0.313. The number of ether oxygens (including phenoxy) is 1. The summed E-state index contributed by atoms with van der Waals surface area (Å²) in [4.78, 5) is 33.5. The Morgan fingerprint density at radius 2 is 1.28 bits per heavy atom. The average Bonchev–Trinajstić information content (AvgIpc) is 2.55. The Labute approximate surface area is 150 Å². The molecule has 0 amide bonds. The zero-order valence-electron chi connectivity index (χ0n) is 15.7. The minimum atomic E-state index is -1.25. The van der Waals surface area contributed by atoms with Crippen LogP contribution in [0, 0.1) is 5.92 Å². The second-order valence-electron chi connectivity index (χ2n) is 6.68. The lowest BCUT2D eigenvalue weighted by molar-refractivity contribution is -0.164. The van der Waals surface area contributed by atoms with Crippen molar-refractivity contribution in [2.75, 3.05) is 0 Å². The molecule has 0 aromatic heterocycles. The molecule has 0 aliphatic heterocycles. The minimum absolute atomic E-state index is 0.273. The second kappa shape index (κ2) is 14.7. The Kier molecular flexibility index (Phi) is 13.8. The molecule has 0 radical (unpaired) electrons. The first-order valence-electron chi connectivity index (χ1n) is 9.53. The number of carboxylic acid groups (broad SMARTS) is 2. The van der Waals surface area contributed by atoms with Gasteiger partial charge in [0.05, 0.1) is 12.3 Å². The van der Waals surface area contributed by atoms with E-state index in [0.29, 0.717) is 6.42 Å². The molecule has 0 bridgehead atoms. The Balaban J connectivity index is 3.82. The summed E-state index contributed by atoms with van der Waals surface area (Å²) in [5.74, 6) is -3.84. The van der Waals surface area contributed by atoms with Crippen molar-refractivity contribution in [1.29, 1.82) is 0 Å². The lowest BCUT2D eigenvalue weighted by atomic mass is 9.97. The summed E-state index contributed by atoms with van der Waals surface area (Å²) in [6.07, 6.45) is 10.5. The van der Waals surface area contributed by atoms with Gasteiger partial charge in [-0.1, -0.05) is 71.1 Å². The molecule has 6 nitrogen and oxygen atoms in total. The van der Waals surface area contributed by atoms with Crippen molar-refractivity contribution in [2.24, 2.45) is 5.92 Å². The van der Waals surface area contributed by atoms with Crippen LogP contribution in [0.1, 0.15) is 90.9 Å². The van der Waals surface area contributed by atoms with Gasteiger partial charge >= 0.3 is 17.9 Å². The highest BCUT2D eigenvalue weighted by Crippen LogP contribution is 2.17. The van der Waals surface area contributed by atoms with Crippen LogP contribution >= 0.6 is 0 Å². The van der Waals surface area contributed by atoms with Crippen LogP contribution in [0.15, 0.2) is 0 Å². The fraction of sp³-hybridized carbons (Fsp3) is 0.842. The SMILES string of the molecule is CCCCCCCCCCCCC(CC(=O)OC(C)C(=O)O)C(=O)O. The summed E-state index contributed by atoms with van der Waals surface area (Å²) in [6.45, 7) is 3.45. The van der Waals surface area contributed by atoms with Gasteiger partial charge in [-0.3, -0.25) is 9.59 Å². The number of aliphatic carboxylic acids is 2. The van der Waals surface area contributed by atoms with Crippen LogP contribution in [0.2, 0.25) is 0 Å². The monoisotopic (exact) mass is 358 g/mol. The summed E-state index contributed by atoms with van der Waals surface area (Å²) >= 11 is 0. The third kappa shape index (κ3) is 13.4. The third-order valence-corrected chi connectivity index (χ3v) is 4.32. The van der Waals surface area contributed by atoms with Crippen molar-refractivity contribution in [3.05, 3.63) is 0 Å². The minimum Gasteiger partial charge on any atom is -0.481 e. The smallest absolute Gasteiger partial charge is 0.344 e. The van der Waals surface area contributed by atoms with E-state index in [0.717, 1.165) is 19.3 Å². The Bertz CT molecular complexity index is 393. The lowest BCUT2D eigenvalue weighted by Gasteiger charge is -2.13. The molecule has 0 saturated heterocycles. The van der Waals surface area contributed by atoms with E-state index in [9.17, 15) is 19.5 Å². The van der Waals surface area contributed by atoms with Gasteiger partial charge in [-0.15, -0.1) is 0 Å². The van der Waals surface area contributed by atoms with Crippen molar-refractivity contribution in [3.8, 4) is 0 Å². The molecular formula is C19H34O6. The van der Waals surface area contributed by atoms with Crippen molar-refractivity contribution >= 4 is 17.9 Å². The van der Waals surface area contributed by atoms with Gasteiger partial charge in [-0.2, -0.15) is 0 Å². The summed E-state index contributed by atoms with van der Waals surface area (Å²) in [5.41, 5.74) is 0. The highest BCUT2D eigenvalue weighted by atomic mass is 16.6. The predicted octanol–water partition coefficient (Wildman–Crippen LogP) is 4.40. The summed E-state index contributed by atoms with van der Waals surface area (Å²) in [5, 5.41) is 17.9. The molecule has 2 N–H and O–H groups in total. The van der Waals surface area contributed by atoms with Crippen molar-refractivity contribution < 1.29 is 29.3 Å². The van der Waals surface area contributed by atoms with Crippen molar-refractivity contribution in [3.63, 3.8) is 0 Å². The maximum absolute atomic E-state index is 11.6. The summed E-state index contributed by atoms with van der Waals surface area (Å²) < 4.78 is 4.69. The normalized spacial score (nSPS) is 13.2. The zero-order chi connectivity index (χ0) is 19.1. The molecule has 146 valence electrons. The fourth-order valence-corrected chi connectivity index (χ4v) is 2.69. The van der Waals surface area contributed by atoms with Crippen LogP contribution in [-0.2, 0) is 19.1 Å². The average molecular weight is 358 g/mol. The van der Waals surface area contributed by atoms with Crippen LogP contribution < -0.4 is 0 Å². The maximum Gasteiger partial charge on any atom is 0.344 e. The van der Waals surface area contributed by atoms with Crippen LogP contribution in [0.3, 0.4) is 0 Å². The number of hydrogen-bond donors (Lipinski definition) is 2. The number of hydrogen-bond acceptors (Lipinski definition) is 4. The molecule has 25 heavy (non-hydrogen) atoms. The largest absolute Gasteiger partial charge is 0.481 e. The molecule has 0 heterocycles. The molecule has 0 spiro atoms. The summed E-state index contributed by atoms with van der Waals surface area (Å²) in [6, 6.07) is 0. The Hall–Kier alpha value is -1.59. The molecule has 6 heteroatoms. The molecule has 0 aromatic rings. The highest BCUT2D eigenvalue weighted by molar-refractivity contribution is 5.81.